The number of nitrogens with two attached hydrogens (primary N) is 1. The Morgan fingerprint density at radius 1 is 1.29 bits per heavy atom. The maximum absolute atomic E-state index is 11.7. The lowest BCUT2D eigenvalue weighted by atomic mass is 10.1. The number of rotatable bonds is 1. The summed E-state index contributed by atoms with van der Waals surface area (Å²) in [4.78, 5) is 11.7. The van der Waals surface area contributed by atoms with Crippen LogP contribution in [0.25, 0.3) is 10.8 Å². The molecule has 0 spiro atoms. The molecule has 0 atom stereocenters. The first-order valence-corrected chi connectivity index (χ1v) is 4.51. The van der Waals surface area contributed by atoms with E-state index in [4.69, 9.17) is 5.73 Å². The van der Waals surface area contributed by atoms with E-state index in [1.54, 1.807) is 17.8 Å². The van der Waals surface area contributed by atoms with Gasteiger partial charge >= 0.3 is 0 Å². The standard InChI is InChI=1S/C11H12N2O/c1-13-6-5-9-8(7-12)3-2-4-10(9)11(13)14/h2-6H,7,12H2,1H3. The zero-order valence-electron chi connectivity index (χ0n) is 8.03. The molecule has 0 fully saturated rings. The number of hydrogen-bond donors (Lipinski definition) is 1. The number of aromatic nitrogens is 1. The van der Waals surface area contributed by atoms with Crippen molar-refractivity contribution in [3.8, 4) is 0 Å². The fourth-order valence-corrected chi connectivity index (χ4v) is 1.62. The summed E-state index contributed by atoms with van der Waals surface area (Å²) in [6.07, 6.45) is 1.77. The van der Waals surface area contributed by atoms with E-state index in [0.717, 1.165) is 16.3 Å². The first kappa shape index (κ1) is 8.97. The normalized spacial score (nSPS) is 10.7. The molecule has 1 aromatic carbocycles. The second kappa shape index (κ2) is 3.27. The van der Waals surface area contributed by atoms with Gasteiger partial charge in [0.05, 0.1) is 0 Å². The number of aryl methyl sites for hydroxylation is 1. The smallest absolute Gasteiger partial charge is 0.258 e. The lowest BCUT2D eigenvalue weighted by Gasteiger charge is -2.04. The van der Waals surface area contributed by atoms with Gasteiger partial charge in [0.1, 0.15) is 0 Å². The van der Waals surface area contributed by atoms with E-state index in [1.165, 1.54) is 0 Å². The molecule has 72 valence electrons. The van der Waals surface area contributed by atoms with Gasteiger partial charge in [0, 0.05) is 25.2 Å². The first-order valence-electron chi connectivity index (χ1n) is 4.51. The molecule has 0 bridgehead atoms. The predicted octanol–water partition coefficient (Wildman–Crippen LogP) is 0.997. The van der Waals surface area contributed by atoms with E-state index in [0.29, 0.717) is 6.54 Å². The Bertz CT molecular complexity index is 528. The third-order valence-electron chi connectivity index (χ3n) is 2.43. The SMILES string of the molecule is Cn1ccc2c(CN)cccc2c1=O. The van der Waals surface area contributed by atoms with Crippen molar-refractivity contribution in [1.82, 2.24) is 4.57 Å². The van der Waals surface area contributed by atoms with Crippen molar-refractivity contribution in [3.05, 3.63) is 46.4 Å². The summed E-state index contributed by atoms with van der Waals surface area (Å²) in [7, 11) is 1.75. The molecule has 0 amide bonds. The Morgan fingerprint density at radius 2 is 2.07 bits per heavy atom. The summed E-state index contributed by atoms with van der Waals surface area (Å²) < 4.78 is 1.57. The molecule has 0 aliphatic rings. The van der Waals surface area contributed by atoms with Crippen LogP contribution in [0.3, 0.4) is 0 Å². The molecule has 1 aromatic heterocycles. The molecule has 0 saturated carbocycles. The summed E-state index contributed by atoms with van der Waals surface area (Å²) in [5.74, 6) is 0. The molecule has 2 rings (SSSR count). The molecule has 0 unspecified atom stereocenters. The van der Waals surface area contributed by atoms with Crippen LogP contribution >= 0.6 is 0 Å². The van der Waals surface area contributed by atoms with Crippen molar-refractivity contribution in [3.63, 3.8) is 0 Å². The van der Waals surface area contributed by atoms with Gasteiger partial charge in [0.25, 0.3) is 5.56 Å². The van der Waals surface area contributed by atoms with Gasteiger partial charge in [-0.25, -0.2) is 0 Å². The van der Waals surface area contributed by atoms with Crippen LogP contribution in [-0.2, 0) is 13.6 Å². The summed E-state index contributed by atoms with van der Waals surface area (Å²) in [5.41, 5.74) is 6.64. The van der Waals surface area contributed by atoms with Crippen LogP contribution in [0.15, 0.2) is 35.3 Å². The zero-order valence-corrected chi connectivity index (χ0v) is 8.03. The van der Waals surface area contributed by atoms with Crippen LogP contribution in [0.5, 0.6) is 0 Å². The Labute approximate surface area is 81.8 Å². The van der Waals surface area contributed by atoms with Gasteiger partial charge in [-0.3, -0.25) is 4.79 Å². The molecule has 2 aromatic rings. The van der Waals surface area contributed by atoms with Gasteiger partial charge in [-0.1, -0.05) is 12.1 Å². The Hall–Kier alpha value is -1.61. The quantitative estimate of drug-likeness (QED) is 0.725. The number of benzene rings is 1. The lowest BCUT2D eigenvalue weighted by molar-refractivity contribution is 0.872. The van der Waals surface area contributed by atoms with Crippen molar-refractivity contribution >= 4 is 10.8 Å². The lowest BCUT2D eigenvalue weighted by Crippen LogP contribution is -2.16. The maximum atomic E-state index is 11.7. The molecule has 2 N–H and O–H groups in total. The number of hydrogen-bond acceptors (Lipinski definition) is 2. The molecule has 3 nitrogen and oxygen atoms in total. The highest BCUT2D eigenvalue weighted by atomic mass is 16.1. The minimum absolute atomic E-state index is 0.0257. The molecule has 1 heterocycles. The van der Waals surface area contributed by atoms with E-state index >= 15 is 0 Å². The second-order valence-corrected chi connectivity index (χ2v) is 3.31. The van der Waals surface area contributed by atoms with Gasteiger partial charge in [-0.15, -0.1) is 0 Å². The number of pyridine rings is 1. The van der Waals surface area contributed by atoms with E-state index in [2.05, 4.69) is 0 Å². The minimum atomic E-state index is 0.0257. The molecule has 0 saturated heterocycles. The summed E-state index contributed by atoms with van der Waals surface area (Å²) in [6.45, 7) is 0.463. The van der Waals surface area contributed by atoms with Gasteiger partial charge < -0.3 is 10.3 Å². The topological polar surface area (TPSA) is 48.0 Å². The fraction of sp³-hybridized carbons (Fsp3) is 0.182. The second-order valence-electron chi connectivity index (χ2n) is 3.31. The zero-order chi connectivity index (χ0) is 10.1. The molecular formula is C11H12N2O. The van der Waals surface area contributed by atoms with E-state index in [1.807, 2.05) is 24.3 Å². The average molecular weight is 188 g/mol. The Kier molecular flexibility index (Phi) is 2.09. The highest BCUT2D eigenvalue weighted by Crippen LogP contribution is 2.14. The van der Waals surface area contributed by atoms with E-state index in [9.17, 15) is 4.79 Å². The minimum Gasteiger partial charge on any atom is -0.326 e. The highest BCUT2D eigenvalue weighted by Gasteiger charge is 2.02. The fourth-order valence-electron chi connectivity index (χ4n) is 1.62. The largest absolute Gasteiger partial charge is 0.326 e. The summed E-state index contributed by atoms with van der Waals surface area (Å²) >= 11 is 0. The molecule has 3 heteroatoms. The molecule has 0 aliphatic heterocycles. The van der Waals surface area contributed by atoms with E-state index in [-0.39, 0.29) is 5.56 Å². The Balaban J connectivity index is 2.93. The first-order chi connectivity index (χ1) is 6.74. The van der Waals surface area contributed by atoms with Crippen molar-refractivity contribution in [2.75, 3.05) is 0 Å². The third-order valence-corrected chi connectivity index (χ3v) is 2.43. The molecule has 14 heavy (non-hydrogen) atoms. The van der Waals surface area contributed by atoms with Crippen LogP contribution in [0, 0.1) is 0 Å². The number of nitrogens with zero attached hydrogens (tertiary/aromatic N) is 1. The van der Waals surface area contributed by atoms with Crippen molar-refractivity contribution in [2.45, 2.75) is 6.54 Å². The summed E-state index contributed by atoms with van der Waals surface area (Å²) in [6, 6.07) is 7.57. The van der Waals surface area contributed by atoms with Crippen LogP contribution in [-0.4, -0.2) is 4.57 Å². The van der Waals surface area contributed by atoms with Crippen LogP contribution in [0.1, 0.15) is 5.56 Å². The van der Waals surface area contributed by atoms with E-state index < -0.39 is 0 Å². The average Bonchev–Trinajstić information content (AvgIpc) is 2.23. The Morgan fingerprint density at radius 3 is 2.79 bits per heavy atom. The van der Waals surface area contributed by atoms with Crippen molar-refractivity contribution in [2.24, 2.45) is 12.8 Å². The highest BCUT2D eigenvalue weighted by molar-refractivity contribution is 5.84. The predicted molar refractivity (Wildman–Crippen MR) is 57.1 cm³/mol. The molecule has 0 radical (unpaired) electrons. The van der Waals surface area contributed by atoms with Gasteiger partial charge in [-0.05, 0) is 23.1 Å². The van der Waals surface area contributed by atoms with Gasteiger partial charge in [0.15, 0.2) is 0 Å². The van der Waals surface area contributed by atoms with Crippen LogP contribution in [0.2, 0.25) is 0 Å². The third kappa shape index (κ3) is 1.22. The molecule has 0 aliphatic carbocycles. The monoisotopic (exact) mass is 188 g/mol. The van der Waals surface area contributed by atoms with Crippen molar-refractivity contribution < 1.29 is 0 Å². The number of fused-ring (bicyclic) bond motifs is 1. The van der Waals surface area contributed by atoms with Crippen molar-refractivity contribution in [1.29, 1.82) is 0 Å². The summed E-state index contributed by atoms with van der Waals surface area (Å²) in [5, 5.41) is 1.69. The van der Waals surface area contributed by atoms with Crippen LogP contribution in [0.4, 0.5) is 0 Å². The van der Waals surface area contributed by atoms with Gasteiger partial charge in [-0.2, -0.15) is 0 Å². The van der Waals surface area contributed by atoms with Crippen LogP contribution < -0.4 is 11.3 Å². The molecular weight excluding hydrogens is 176 g/mol. The van der Waals surface area contributed by atoms with Gasteiger partial charge in [0.2, 0.25) is 0 Å². The maximum Gasteiger partial charge on any atom is 0.258 e.